The third-order valence-corrected chi connectivity index (χ3v) is 7.83. The summed E-state index contributed by atoms with van der Waals surface area (Å²) in [5, 5.41) is 12.0. The molecule has 188 valence electrons. The summed E-state index contributed by atoms with van der Waals surface area (Å²) < 4.78 is 0.686. The van der Waals surface area contributed by atoms with E-state index in [0.29, 0.717) is 33.8 Å². The molecule has 7 heteroatoms. The van der Waals surface area contributed by atoms with Crippen LogP contribution in [0.5, 0.6) is 0 Å². The Hall–Kier alpha value is -3.45. The van der Waals surface area contributed by atoms with E-state index in [1.807, 2.05) is 4.90 Å². The predicted molar refractivity (Wildman–Crippen MR) is 141 cm³/mol. The van der Waals surface area contributed by atoms with E-state index in [1.165, 1.54) is 17.7 Å². The fourth-order valence-electron chi connectivity index (χ4n) is 5.82. The molecule has 2 saturated heterocycles. The van der Waals surface area contributed by atoms with Crippen LogP contribution in [0, 0.1) is 19.1 Å². The van der Waals surface area contributed by atoms with Crippen LogP contribution in [0.2, 0.25) is 0 Å². The maximum atomic E-state index is 13.2. The lowest BCUT2D eigenvalue weighted by Gasteiger charge is -2.44. The second-order valence-electron chi connectivity index (χ2n) is 9.95. The van der Waals surface area contributed by atoms with E-state index in [1.54, 1.807) is 13.8 Å². The van der Waals surface area contributed by atoms with E-state index < -0.39 is 0 Å². The number of nitrogens with zero attached hydrogens (tertiary/aromatic N) is 5. The molecule has 5 rings (SSSR count). The lowest BCUT2D eigenvalue weighted by molar-refractivity contribution is -0.615. The van der Waals surface area contributed by atoms with Gasteiger partial charge in [0.25, 0.3) is 12.2 Å². The standard InChI is InChI=1S/C29H35N5O2/c1-22-28(23(2)33(36)21-30-22)29(35)32-19-13-24(14-20-32)31-17-15-27(16-18-31)34(25-9-5-3-6-10-25)26-11-7-4-8-12-26/h3-12,21,24,27H,13-20H2,1-2H3. The minimum Gasteiger partial charge on any atom is -0.711 e. The molecule has 2 fully saturated rings. The number of piperidine rings is 2. The van der Waals surface area contributed by atoms with Gasteiger partial charge >= 0.3 is 0 Å². The first-order valence-electron chi connectivity index (χ1n) is 13.0. The molecule has 2 aliphatic rings. The number of carbonyl (C=O) groups is 1. The number of aromatic nitrogens is 2. The van der Waals surface area contributed by atoms with E-state index in [-0.39, 0.29) is 5.91 Å². The Morgan fingerprint density at radius 2 is 1.44 bits per heavy atom. The van der Waals surface area contributed by atoms with Crippen LogP contribution in [0.4, 0.5) is 11.4 Å². The molecule has 36 heavy (non-hydrogen) atoms. The van der Waals surface area contributed by atoms with Crippen LogP contribution in [-0.2, 0) is 0 Å². The molecule has 2 aromatic carbocycles. The second-order valence-corrected chi connectivity index (χ2v) is 9.95. The highest BCUT2D eigenvalue weighted by Crippen LogP contribution is 2.33. The molecule has 1 aromatic heterocycles. The first-order chi connectivity index (χ1) is 17.5. The van der Waals surface area contributed by atoms with Crippen molar-refractivity contribution >= 4 is 17.3 Å². The third-order valence-electron chi connectivity index (χ3n) is 7.83. The second kappa shape index (κ2) is 10.7. The lowest BCUT2D eigenvalue weighted by atomic mass is 9.96. The summed E-state index contributed by atoms with van der Waals surface area (Å²) in [6.07, 6.45) is 5.38. The number of likely N-dealkylation sites (tertiary alicyclic amines) is 2. The normalized spacial score (nSPS) is 17.8. The van der Waals surface area contributed by atoms with Gasteiger partial charge in [0.2, 0.25) is 0 Å². The summed E-state index contributed by atoms with van der Waals surface area (Å²) >= 11 is 0. The zero-order valence-electron chi connectivity index (χ0n) is 21.2. The van der Waals surface area contributed by atoms with Gasteiger partial charge in [0.15, 0.2) is 5.69 Å². The SMILES string of the molecule is Cc1nc[n+]([O-])c(C)c1C(=O)N1CCC(N2CCC(N(c3ccccc3)c3ccccc3)CC2)CC1. The molecule has 0 aliphatic carbocycles. The largest absolute Gasteiger partial charge is 0.711 e. The number of anilines is 2. The smallest absolute Gasteiger partial charge is 0.289 e. The molecule has 0 atom stereocenters. The number of amides is 1. The molecule has 0 spiro atoms. The molecule has 0 radical (unpaired) electrons. The number of benzene rings is 2. The van der Waals surface area contributed by atoms with Gasteiger partial charge in [-0.3, -0.25) is 4.79 Å². The average molecular weight is 486 g/mol. The van der Waals surface area contributed by atoms with Crippen LogP contribution >= 0.6 is 0 Å². The molecule has 7 nitrogen and oxygen atoms in total. The molecular formula is C29H35N5O2. The van der Waals surface area contributed by atoms with Crippen LogP contribution < -0.4 is 9.63 Å². The van der Waals surface area contributed by atoms with Crippen molar-refractivity contribution in [1.82, 2.24) is 14.8 Å². The van der Waals surface area contributed by atoms with E-state index in [0.717, 1.165) is 51.9 Å². The summed E-state index contributed by atoms with van der Waals surface area (Å²) in [6.45, 7) is 7.06. The molecule has 0 unspecified atom stereocenters. The quantitative estimate of drug-likeness (QED) is 0.400. The minimum absolute atomic E-state index is 0.0683. The molecule has 3 aromatic rings. The Morgan fingerprint density at radius 1 is 0.889 bits per heavy atom. The lowest BCUT2D eigenvalue weighted by Crippen LogP contribution is -2.51. The summed E-state index contributed by atoms with van der Waals surface area (Å²) in [4.78, 5) is 24.3. The van der Waals surface area contributed by atoms with Gasteiger partial charge in [0, 0.05) is 56.6 Å². The summed E-state index contributed by atoms with van der Waals surface area (Å²) in [5.74, 6) is -0.0683. The monoisotopic (exact) mass is 485 g/mol. The third kappa shape index (κ3) is 4.93. The highest BCUT2D eigenvalue weighted by molar-refractivity contribution is 5.96. The fraction of sp³-hybridized carbons (Fsp3) is 0.414. The molecule has 2 aliphatic heterocycles. The van der Waals surface area contributed by atoms with Gasteiger partial charge in [0.1, 0.15) is 11.3 Å². The number of rotatable bonds is 5. The van der Waals surface area contributed by atoms with Crippen LogP contribution in [0.15, 0.2) is 67.0 Å². The zero-order valence-corrected chi connectivity index (χ0v) is 21.2. The number of aryl methyl sites for hydroxylation is 1. The molecular weight excluding hydrogens is 450 g/mol. The number of hydrogen-bond acceptors (Lipinski definition) is 5. The highest BCUT2D eigenvalue weighted by Gasteiger charge is 2.33. The van der Waals surface area contributed by atoms with Crippen molar-refractivity contribution in [3.8, 4) is 0 Å². The first-order valence-corrected chi connectivity index (χ1v) is 13.0. The van der Waals surface area contributed by atoms with Crippen molar-refractivity contribution < 1.29 is 9.52 Å². The van der Waals surface area contributed by atoms with Gasteiger partial charge in [-0.05, 0) is 56.9 Å². The number of para-hydroxylation sites is 2. The average Bonchev–Trinajstić information content (AvgIpc) is 2.93. The van der Waals surface area contributed by atoms with Gasteiger partial charge in [-0.2, -0.15) is 0 Å². The molecule has 0 saturated carbocycles. The number of carbonyl (C=O) groups excluding carboxylic acids is 1. The Balaban J connectivity index is 1.20. The fourth-order valence-corrected chi connectivity index (χ4v) is 5.82. The van der Waals surface area contributed by atoms with Crippen LogP contribution in [-0.4, -0.2) is 59.0 Å². The van der Waals surface area contributed by atoms with Gasteiger partial charge in [0.05, 0.1) is 0 Å². The van der Waals surface area contributed by atoms with Crippen molar-refractivity contribution in [2.45, 2.75) is 51.6 Å². The molecule has 3 heterocycles. The zero-order chi connectivity index (χ0) is 25.1. The summed E-state index contributed by atoms with van der Waals surface area (Å²) in [6, 6.07) is 22.3. The van der Waals surface area contributed by atoms with Crippen LogP contribution in [0.25, 0.3) is 0 Å². The maximum Gasteiger partial charge on any atom is 0.289 e. The van der Waals surface area contributed by atoms with Crippen molar-refractivity contribution in [2.75, 3.05) is 31.1 Å². The topological polar surface area (TPSA) is 66.6 Å². The van der Waals surface area contributed by atoms with Crippen LogP contribution in [0.1, 0.15) is 47.4 Å². The Kier molecular flexibility index (Phi) is 7.18. The summed E-state index contributed by atoms with van der Waals surface area (Å²) in [5.41, 5.74) is 3.99. The predicted octanol–water partition coefficient (Wildman–Crippen LogP) is 4.24. The van der Waals surface area contributed by atoms with Gasteiger partial charge in [-0.25, -0.2) is 4.73 Å². The van der Waals surface area contributed by atoms with Gasteiger partial charge in [-0.15, -0.1) is 0 Å². The highest BCUT2D eigenvalue weighted by atomic mass is 16.5. The van der Waals surface area contributed by atoms with Crippen LogP contribution in [0.3, 0.4) is 0 Å². The van der Waals surface area contributed by atoms with E-state index in [2.05, 4.69) is 75.4 Å². The Bertz CT molecular complexity index is 1130. The molecule has 0 bridgehead atoms. The van der Waals surface area contributed by atoms with Crippen molar-refractivity contribution in [3.05, 3.63) is 89.1 Å². The van der Waals surface area contributed by atoms with Crippen molar-refractivity contribution in [3.63, 3.8) is 0 Å². The first kappa shape index (κ1) is 24.3. The Labute approximate surface area is 213 Å². The maximum absolute atomic E-state index is 13.2. The molecule has 1 amide bonds. The molecule has 0 N–H and O–H groups in total. The van der Waals surface area contributed by atoms with E-state index in [4.69, 9.17) is 0 Å². The van der Waals surface area contributed by atoms with Gasteiger partial charge in [-0.1, -0.05) is 41.4 Å². The minimum atomic E-state index is -0.0683. The van der Waals surface area contributed by atoms with Crippen molar-refractivity contribution in [1.29, 1.82) is 0 Å². The summed E-state index contributed by atoms with van der Waals surface area (Å²) in [7, 11) is 0. The Morgan fingerprint density at radius 3 is 2.00 bits per heavy atom. The van der Waals surface area contributed by atoms with Crippen molar-refractivity contribution in [2.24, 2.45) is 0 Å². The van der Waals surface area contributed by atoms with Gasteiger partial charge < -0.3 is 19.9 Å². The number of hydrogen-bond donors (Lipinski definition) is 0. The van der Waals surface area contributed by atoms with E-state index >= 15 is 0 Å². The van der Waals surface area contributed by atoms with E-state index in [9.17, 15) is 10.0 Å².